The smallest absolute Gasteiger partial charge is 0.338 e. The fourth-order valence-electron chi connectivity index (χ4n) is 2.93. The second-order valence-corrected chi connectivity index (χ2v) is 8.58. The number of hydrogen-bond acceptors (Lipinski definition) is 8. The molecule has 2 aromatic rings. The van der Waals surface area contributed by atoms with Crippen molar-refractivity contribution in [3.63, 3.8) is 0 Å². The zero-order chi connectivity index (χ0) is 19.4. The largest absolute Gasteiger partial charge is 0.462 e. The van der Waals surface area contributed by atoms with Crippen molar-refractivity contribution in [1.82, 2.24) is 9.97 Å². The molecule has 27 heavy (non-hydrogen) atoms. The molecule has 0 spiro atoms. The third kappa shape index (κ3) is 4.73. The van der Waals surface area contributed by atoms with E-state index in [1.54, 1.807) is 37.3 Å². The lowest BCUT2D eigenvalue weighted by molar-refractivity contribution is 0.0526. The summed E-state index contributed by atoms with van der Waals surface area (Å²) >= 11 is 0. The predicted molar refractivity (Wildman–Crippen MR) is 103 cm³/mol. The molecule has 1 aliphatic rings. The molecule has 144 valence electrons. The number of aromatic nitrogens is 2. The molecule has 0 bridgehead atoms. The number of carbonyl (C=O) groups excluding carboxylic acids is 1. The fraction of sp³-hybridized carbons (Fsp3) is 0.389. The molecule has 1 N–H and O–H groups in total. The first-order chi connectivity index (χ1) is 12.9. The minimum absolute atomic E-state index is 0.0818. The summed E-state index contributed by atoms with van der Waals surface area (Å²) in [6.45, 7) is 2.09. The van der Waals surface area contributed by atoms with Crippen molar-refractivity contribution in [2.45, 2.75) is 19.4 Å². The summed E-state index contributed by atoms with van der Waals surface area (Å²) in [6.07, 6.45) is 2.03. The highest BCUT2D eigenvalue weighted by Crippen LogP contribution is 2.23. The maximum atomic E-state index is 11.7. The third-order valence-electron chi connectivity index (χ3n) is 4.44. The van der Waals surface area contributed by atoms with Crippen LogP contribution in [0.4, 0.5) is 17.3 Å². The van der Waals surface area contributed by atoms with E-state index >= 15 is 0 Å². The summed E-state index contributed by atoms with van der Waals surface area (Å²) in [6, 6.07) is 8.57. The molecule has 1 aliphatic heterocycles. The first-order valence-electron chi connectivity index (χ1n) is 8.67. The third-order valence-corrected chi connectivity index (χ3v) is 6.19. The maximum Gasteiger partial charge on any atom is 0.338 e. The van der Waals surface area contributed by atoms with Crippen LogP contribution in [0.3, 0.4) is 0 Å². The Morgan fingerprint density at radius 1 is 1.30 bits per heavy atom. The number of nitrogens with one attached hydrogen (secondary N) is 1. The first-order valence-corrected chi connectivity index (χ1v) is 10.5. The molecule has 1 aromatic heterocycles. The van der Waals surface area contributed by atoms with Gasteiger partial charge in [0.15, 0.2) is 9.84 Å². The molecule has 2 heterocycles. The van der Waals surface area contributed by atoms with Crippen LogP contribution >= 0.6 is 0 Å². The van der Waals surface area contributed by atoms with Crippen LogP contribution in [0.2, 0.25) is 0 Å². The highest BCUT2D eigenvalue weighted by Gasteiger charge is 2.31. The average molecular weight is 390 g/mol. The van der Waals surface area contributed by atoms with Gasteiger partial charge in [-0.2, -0.15) is 0 Å². The number of carbonyl (C=O) groups is 1. The van der Waals surface area contributed by atoms with Gasteiger partial charge in [0.05, 0.1) is 23.7 Å². The van der Waals surface area contributed by atoms with Crippen LogP contribution in [-0.2, 0) is 14.6 Å². The van der Waals surface area contributed by atoms with Crippen molar-refractivity contribution >= 4 is 33.1 Å². The zero-order valence-corrected chi connectivity index (χ0v) is 16.1. The molecule has 9 heteroatoms. The Morgan fingerprint density at radius 2 is 2.04 bits per heavy atom. The van der Waals surface area contributed by atoms with E-state index in [2.05, 4.69) is 15.3 Å². The number of ether oxygens (including phenoxy) is 1. The molecular weight excluding hydrogens is 368 g/mol. The predicted octanol–water partition coefficient (Wildman–Crippen LogP) is 2.02. The maximum absolute atomic E-state index is 11.7. The monoisotopic (exact) mass is 390 g/mol. The summed E-state index contributed by atoms with van der Waals surface area (Å²) in [5.41, 5.74) is 1.24. The van der Waals surface area contributed by atoms with E-state index in [1.165, 1.54) is 6.33 Å². The molecule has 0 radical (unpaired) electrons. The lowest BCUT2D eigenvalue weighted by atomic mass is 10.2. The topological polar surface area (TPSA) is 101 Å². The van der Waals surface area contributed by atoms with Gasteiger partial charge in [-0.1, -0.05) is 0 Å². The van der Waals surface area contributed by atoms with Crippen molar-refractivity contribution in [2.75, 3.05) is 35.4 Å². The van der Waals surface area contributed by atoms with Crippen LogP contribution in [0.15, 0.2) is 36.7 Å². The molecule has 3 rings (SSSR count). The van der Waals surface area contributed by atoms with Gasteiger partial charge in [-0.25, -0.2) is 23.2 Å². The van der Waals surface area contributed by atoms with Crippen molar-refractivity contribution < 1.29 is 17.9 Å². The number of hydrogen-bond donors (Lipinski definition) is 1. The lowest BCUT2D eigenvalue weighted by Gasteiger charge is -2.24. The Kier molecular flexibility index (Phi) is 5.59. The van der Waals surface area contributed by atoms with Gasteiger partial charge >= 0.3 is 5.97 Å². The van der Waals surface area contributed by atoms with Crippen molar-refractivity contribution in [3.8, 4) is 0 Å². The Balaban J connectivity index is 1.70. The highest BCUT2D eigenvalue weighted by atomic mass is 32.2. The van der Waals surface area contributed by atoms with Gasteiger partial charge in [0.25, 0.3) is 0 Å². The van der Waals surface area contributed by atoms with Gasteiger partial charge in [0.2, 0.25) is 0 Å². The number of rotatable bonds is 6. The van der Waals surface area contributed by atoms with Crippen LogP contribution in [0.25, 0.3) is 0 Å². The van der Waals surface area contributed by atoms with Gasteiger partial charge in [0, 0.05) is 24.8 Å². The normalized spacial score (nSPS) is 18.1. The van der Waals surface area contributed by atoms with E-state index in [4.69, 9.17) is 4.74 Å². The van der Waals surface area contributed by atoms with Crippen LogP contribution in [0.5, 0.6) is 0 Å². The lowest BCUT2D eigenvalue weighted by Crippen LogP contribution is -2.33. The molecule has 0 aliphatic carbocycles. The van der Waals surface area contributed by atoms with Crippen LogP contribution in [-0.4, -0.2) is 55.6 Å². The summed E-state index contributed by atoms with van der Waals surface area (Å²) < 4.78 is 28.4. The SMILES string of the molecule is CCOC(=O)c1ccc(Nc2cc(N(C)C3CCS(=O)(=O)C3)ncn2)cc1. The van der Waals surface area contributed by atoms with E-state index in [0.717, 1.165) is 5.69 Å². The van der Waals surface area contributed by atoms with Gasteiger partial charge in [-0.15, -0.1) is 0 Å². The van der Waals surface area contributed by atoms with E-state index in [0.29, 0.717) is 30.2 Å². The summed E-state index contributed by atoms with van der Waals surface area (Å²) in [5, 5.41) is 3.16. The van der Waals surface area contributed by atoms with E-state index in [9.17, 15) is 13.2 Å². The van der Waals surface area contributed by atoms with Crippen molar-refractivity contribution in [2.24, 2.45) is 0 Å². The number of anilines is 3. The summed E-state index contributed by atoms with van der Waals surface area (Å²) in [5.74, 6) is 1.23. The van der Waals surface area contributed by atoms with E-state index in [-0.39, 0.29) is 23.5 Å². The highest BCUT2D eigenvalue weighted by molar-refractivity contribution is 7.91. The minimum Gasteiger partial charge on any atom is -0.462 e. The Morgan fingerprint density at radius 3 is 2.67 bits per heavy atom. The number of sulfone groups is 1. The van der Waals surface area contributed by atoms with Gasteiger partial charge in [-0.3, -0.25) is 0 Å². The molecule has 1 atom stereocenters. The van der Waals surface area contributed by atoms with Crippen LogP contribution in [0, 0.1) is 0 Å². The number of nitrogens with zero attached hydrogens (tertiary/aromatic N) is 3. The second kappa shape index (κ2) is 7.91. The Bertz CT molecular complexity index is 915. The molecule has 0 saturated carbocycles. The second-order valence-electron chi connectivity index (χ2n) is 6.35. The summed E-state index contributed by atoms with van der Waals surface area (Å²) in [7, 11) is -1.12. The molecule has 0 amide bonds. The standard InChI is InChI=1S/C18H22N4O4S/c1-3-26-18(23)13-4-6-14(7-5-13)21-16-10-17(20-12-19-16)22(2)15-8-9-27(24,25)11-15/h4-7,10,12,15H,3,8-9,11H2,1-2H3,(H,19,20,21). The molecule has 1 saturated heterocycles. The Hall–Kier alpha value is -2.68. The quantitative estimate of drug-likeness (QED) is 0.748. The van der Waals surface area contributed by atoms with Gasteiger partial charge in [0.1, 0.15) is 18.0 Å². The molecule has 1 fully saturated rings. The van der Waals surface area contributed by atoms with Crippen LogP contribution in [0.1, 0.15) is 23.7 Å². The molecule has 1 unspecified atom stereocenters. The van der Waals surface area contributed by atoms with Crippen molar-refractivity contribution in [1.29, 1.82) is 0 Å². The Labute approximate surface area is 158 Å². The summed E-state index contributed by atoms with van der Waals surface area (Å²) in [4.78, 5) is 22.0. The van der Waals surface area contributed by atoms with Gasteiger partial charge in [-0.05, 0) is 37.6 Å². The number of esters is 1. The van der Waals surface area contributed by atoms with Crippen molar-refractivity contribution in [3.05, 3.63) is 42.2 Å². The molecular formula is C18H22N4O4S. The number of benzene rings is 1. The van der Waals surface area contributed by atoms with Gasteiger partial charge < -0.3 is 15.0 Å². The van der Waals surface area contributed by atoms with E-state index in [1.807, 2.05) is 11.9 Å². The molecule has 8 nitrogen and oxygen atoms in total. The first kappa shape index (κ1) is 19.1. The zero-order valence-electron chi connectivity index (χ0n) is 15.3. The molecule has 1 aromatic carbocycles. The average Bonchev–Trinajstić information content (AvgIpc) is 3.02. The van der Waals surface area contributed by atoms with Crippen LogP contribution < -0.4 is 10.2 Å². The minimum atomic E-state index is -2.96. The fourth-order valence-corrected chi connectivity index (χ4v) is 4.70. The van der Waals surface area contributed by atoms with E-state index < -0.39 is 9.84 Å².